The lowest BCUT2D eigenvalue weighted by Gasteiger charge is -2.08. The predicted octanol–water partition coefficient (Wildman–Crippen LogP) is 0.260. The van der Waals surface area contributed by atoms with Gasteiger partial charge < -0.3 is 10.3 Å². The first-order chi connectivity index (χ1) is 8.49. The van der Waals surface area contributed by atoms with Gasteiger partial charge in [-0.1, -0.05) is 13.8 Å². The fraction of sp³-hybridized carbons (Fsp3) is 0.727. The van der Waals surface area contributed by atoms with E-state index in [2.05, 4.69) is 20.0 Å². The molecule has 0 radical (unpaired) electrons. The first-order valence-corrected chi connectivity index (χ1v) is 7.84. The van der Waals surface area contributed by atoms with Crippen molar-refractivity contribution in [1.82, 2.24) is 20.0 Å². The zero-order valence-electron chi connectivity index (χ0n) is 10.9. The molecule has 18 heavy (non-hydrogen) atoms. The third kappa shape index (κ3) is 6.73. The van der Waals surface area contributed by atoms with Gasteiger partial charge in [-0.3, -0.25) is 0 Å². The highest BCUT2D eigenvalue weighted by Crippen LogP contribution is 1.92. The molecule has 0 aromatic carbocycles. The van der Waals surface area contributed by atoms with E-state index in [1.165, 1.54) is 0 Å². The minimum absolute atomic E-state index is 0.158. The molecule has 0 saturated carbocycles. The maximum absolute atomic E-state index is 11.6. The first kappa shape index (κ1) is 15.1. The zero-order valence-corrected chi connectivity index (χ0v) is 11.8. The molecule has 0 unspecified atom stereocenters. The quantitative estimate of drug-likeness (QED) is 0.564. The van der Waals surface area contributed by atoms with Crippen LogP contribution in [0.3, 0.4) is 0 Å². The monoisotopic (exact) mass is 274 g/mol. The van der Waals surface area contributed by atoms with Crippen LogP contribution in [0.15, 0.2) is 12.4 Å². The Morgan fingerprint density at radius 1 is 1.39 bits per heavy atom. The molecule has 1 aromatic rings. The summed E-state index contributed by atoms with van der Waals surface area (Å²) in [6.07, 6.45) is 4.58. The van der Waals surface area contributed by atoms with E-state index >= 15 is 0 Å². The molecule has 1 rings (SSSR count). The molecule has 0 spiro atoms. The van der Waals surface area contributed by atoms with E-state index in [1.54, 1.807) is 12.4 Å². The maximum Gasteiger partial charge on any atom is 0.211 e. The van der Waals surface area contributed by atoms with Crippen molar-refractivity contribution in [3.05, 3.63) is 18.2 Å². The molecule has 104 valence electrons. The Morgan fingerprint density at radius 2 is 2.17 bits per heavy atom. The lowest BCUT2D eigenvalue weighted by Crippen LogP contribution is -2.31. The van der Waals surface area contributed by atoms with Crippen LogP contribution in [0.2, 0.25) is 0 Å². The second-order valence-electron chi connectivity index (χ2n) is 4.46. The summed E-state index contributed by atoms with van der Waals surface area (Å²) in [7, 11) is -3.16. The predicted molar refractivity (Wildman–Crippen MR) is 71.8 cm³/mol. The highest BCUT2D eigenvalue weighted by atomic mass is 32.2. The zero-order chi connectivity index (χ0) is 13.4. The Labute approximate surface area is 109 Å². The normalized spacial score (nSPS) is 12.2. The highest BCUT2D eigenvalue weighted by Gasteiger charge is 2.09. The van der Waals surface area contributed by atoms with Gasteiger partial charge in [0.1, 0.15) is 5.82 Å². The van der Waals surface area contributed by atoms with Crippen LogP contribution in [0.4, 0.5) is 0 Å². The van der Waals surface area contributed by atoms with Crippen molar-refractivity contribution in [3.8, 4) is 0 Å². The van der Waals surface area contributed by atoms with Crippen molar-refractivity contribution in [1.29, 1.82) is 0 Å². The average Bonchev–Trinajstić information content (AvgIpc) is 2.77. The number of rotatable bonds is 9. The Balaban J connectivity index is 2.15. The molecule has 0 fully saturated rings. The lowest BCUT2D eigenvalue weighted by atomic mass is 10.4. The van der Waals surface area contributed by atoms with Crippen LogP contribution >= 0.6 is 0 Å². The van der Waals surface area contributed by atoms with Crippen LogP contribution in [-0.2, 0) is 16.4 Å². The molecule has 0 atom stereocenters. The molecule has 1 heterocycles. The number of aromatic nitrogens is 2. The summed E-state index contributed by atoms with van der Waals surface area (Å²) in [6.45, 7) is 5.18. The van der Waals surface area contributed by atoms with Gasteiger partial charge in [-0.15, -0.1) is 0 Å². The molecule has 1 aromatic heterocycles. The Hall–Kier alpha value is -0.920. The standard InChI is InChI=1S/C11H22N4O2S/c1-10(2)12-5-3-9-18(16,17)15-6-4-11-13-7-8-14-11/h7-8,10,12,15H,3-6,9H2,1-2H3,(H,13,14). The van der Waals surface area contributed by atoms with Crippen molar-refractivity contribution in [2.24, 2.45) is 0 Å². The van der Waals surface area contributed by atoms with Gasteiger partial charge in [0.25, 0.3) is 0 Å². The molecule has 0 aliphatic carbocycles. The van der Waals surface area contributed by atoms with Crippen LogP contribution < -0.4 is 10.0 Å². The number of aromatic amines is 1. The second kappa shape index (κ2) is 7.50. The van der Waals surface area contributed by atoms with Crippen molar-refractivity contribution in [3.63, 3.8) is 0 Å². The van der Waals surface area contributed by atoms with Crippen molar-refractivity contribution >= 4 is 10.0 Å². The van der Waals surface area contributed by atoms with Gasteiger partial charge in [-0.2, -0.15) is 0 Å². The molecule has 0 saturated heterocycles. The minimum Gasteiger partial charge on any atom is -0.349 e. The number of nitrogens with zero attached hydrogens (tertiary/aromatic N) is 1. The Morgan fingerprint density at radius 3 is 2.78 bits per heavy atom. The van der Waals surface area contributed by atoms with E-state index in [1.807, 2.05) is 13.8 Å². The van der Waals surface area contributed by atoms with E-state index in [9.17, 15) is 8.42 Å². The number of hydrogen-bond acceptors (Lipinski definition) is 4. The summed E-state index contributed by atoms with van der Waals surface area (Å²) in [5.41, 5.74) is 0. The number of imidazole rings is 1. The highest BCUT2D eigenvalue weighted by molar-refractivity contribution is 7.89. The van der Waals surface area contributed by atoms with E-state index in [0.29, 0.717) is 25.4 Å². The fourth-order valence-corrected chi connectivity index (χ4v) is 2.57. The second-order valence-corrected chi connectivity index (χ2v) is 6.39. The van der Waals surface area contributed by atoms with Gasteiger partial charge in [-0.25, -0.2) is 18.1 Å². The summed E-state index contributed by atoms with van der Waals surface area (Å²) in [4.78, 5) is 6.96. The molecular weight excluding hydrogens is 252 g/mol. The number of H-pyrrole nitrogens is 1. The number of sulfonamides is 1. The molecule has 0 aliphatic heterocycles. The molecule has 7 heteroatoms. The van der Waals surface area contributed by atoms with Gasteiger partial charge in [0, 0.05) is 31.4 Å². The van der Waals surface area contributed by atoms with Crippen LogP contribution in [0.5, 0.6) is 0 Å². The minimum atomic E-state index is -3.16. The number of nitrogens with one attached hydrogen (secondary N) is 3. The molecule has 0 aliphatic rings. The van der Waals surface area contributed by atoms with Gasteiger partial charge in [0.2, 0.25) is 10.0 Å². The molecular formula is C11H22N4O2S. The van der Waals surface area contributed by atoms with Crippen LogP contribution in [0.25, 0.3) is 0 Å². The fourth-order valence-electron chi connectivity index (χ4n) is 1.48. The van der Waals surface area contributed by atoms with Gasteiger partial charge in [0.15, 0.2) is 0 Å². The van der Waals surface area contributed by atoms with Gasteiger partial charge in [0.05, 0.1) is 5.75 Å². The summed E-state index contributed by atoms with van der Waals surface area (Å²) < 4.78 is 25.8. The summed E-state index contributed by atoms with van der Waals surface area (Å²) in [5.74, 6) is 0.949. The van der Waals surface area contributed by atoms with Crippen molar-refractivity contribution in [2.75, 3.05) is 18.8 Å². The van der Waals surface area contributed by atoms with Crippen molar-refractivity contribution in [2.45, 2.75) is 32.7 Å². The van der Waals surface area contributed by atoms with E-state index in [0.717, 1.165) is 12.4 Å². The Kier molecular flexibility index (Phi) is 6.31. The topological polar surface area (TPSA) is 86.9 Å². The first-order valence-electron chi connectivity index (χ1n) is 6.18. The summed E-state index contributed by atoms with van der Waals surface area (Å²) in [6, 6.07) is 0.389. The molecule has 6 nitrogen and oxygen atoms in total. The van der Waals surface area contributed by atoms with Crippen molar-refractivity contribution < 1.29 is 8.42 Å². The summed E-state index contributed by atoms with van der Waals surface area (Å²) in [5, 5.41) is 3.19. The summed E-state index contributed by atoms with van der Waals surface area (Å²) >= 11 is 0. The van der Waals surface area contributed by atoms with Crippen LogP contribution in [0.1, 0.15) is 26.1 Å². The van der Waals surface area contributed by atoms with E-state index in [-0.39, 0.29) is 5.75 Å². The van der Waals surface area contributed by atoms with Crippen LogP contribution in [0, 0.1) is 0 Å². The lowest BCUT2D eigenvalue weighted by molar-refractivity contribution is 0.560. The molecule has 3 N–H and O–H groups in total. The Bertz CT molecular complexity index is 414. The van der Waals surface area contributed by atoms with Gasteiger partial charge >= 0.3 is 0 Å². The average molecular weight is 274 g/mol. The largest absolute Gasteiger partial charge is 0.349 e. The third-order valence-electron chi connectivity index (χ3n) is 2.38. The van der Waals surface area contributed by atoms with E-state index < -0.39 is 10.0 Å². The smallest absolute Gasteiger partial charge is 0.211 e. The molecule has 0 bridgehead atoms. The maximum atomic E-state index is 11.6. The van der Waals surface area contributed by atoms with Gasteiger partial charge in [-0.05, 0) is 13.0 Å². The SMILES string of the molecule is CC(C)NCCCS(=O)(=O)NCCc1ncc[nH]1. The van der Waals surface area contributed by atoms with E-state index in [4.69, 9.17) is 0 Å². The molecule has 0 amide bonds. The van der Waals surface area contributed by atoms with Crippen LogP contribution in [-0.4, -0.2) is 43.3 Å². The third-order valence-corrected chi connectivity index (χ3v) is 3.85. The number of hydrogen-bond donors (Lipinski definition) is 3.